The zero-order valence-corrected chi connectivity index (χ0v) is 10.7. The molecular formula is C12H11N3O3S. The molecular weight excluding hydrogens is 266 g/mol. The van der Waals surface area contributed by atoms with Crippen LogP contribution >= 0.6 is 11.3 Å². The molecule has 0 unspecified atom stereocenters. The second kappa shape index (κ2) is 4.52. The molecule has 0 aliphatic heterocycles. The lowest BCUT2D eigenvalue weighted by Crippen LogP contribution is -2.36. The number of hydrogen-bond acceptors (Lipinski definition) is 5. The molecule has 3 aromatic heterocycles. The van der Waals surface area contributed by atoms with E-state index >= 15 is 0 Å². The fourth-order valence-electron chi connectivity index (χ4n) is 2.00. The number of furan rings is 1. The van der Waals surface area contributed by atoms with Crippen molar-refractivity contribution in [2.24, 2.45) is 5.73 Å². The highest BCUT2D eigenvalue weighted by atomic mass is 32.1. The van der Waals surface area contributed by atoms with Crippen LogP contribution in [0.3, 0.4) is 0 Å². The summed E-state index contributed by atoms with van der Waals surface area (Å²) in [6, 6.07) is 3.53. The number of nitrogens with two attached hydrogens (primary N) is 1. The highest BCUT2D eigenvalue weighted by Crippen LogP contribution is 2.30. The second-order valence-corrected chi connectivity index (χ2v) is 4.89. The number of H-pyrrole nitrogens is 1. The van der Waals surface area contributed by atoms with E-state index in [1.165, 1.54) is 11.3 Å². The average molecular weight is 277 g/mol. The van der Waals surface area contributed by atoms with Crippen LogP contribution in [0.4, 0.5) is 0 Å². The van der Waals surface area contributed by atoms with Crippen LogP contribution < -0.4 is 17.0 Å². The molecule has 0 atom stereocenters. The van der Waals surface area contributed by atoms with Gasteiger partial charge >= 0.3 is 5.69 Å². The minimum absolute atomic E-state index is 0.192. The van der Waals surface area contributed by atoms with Crippen molar-refractivity contribution in [1.82, 2.24) is 9.55 Å². The van der Waals surface area contributed by atoms with E-state index in [0.29, 0.717) is 21.5 Å². The number of thiophene rings is 1. The Kier molecular flexibility index (Phi) is 2.84. The highest BCUT2D eigenvalue weighted by molar-refractivity contribution is 7.17. The van der Waals surface area contributed by atoms with Gasteiger partial charge in [-0.1, -0.05) is 0 Å². The van der Waals surface area contributed by atoms with Gasteiger partial charge in [0.2, 0.25) is 0 Å². The molecule has 0 saturated heterocycles. The summed E-state index contributed by atoms with van der Waals surface area (Å²) in [5.74, 6) is 0.606. The van der Waals surface area contributed by atoms with Crippen LogP contribution in [0.25, 0.3) is 21.5 Å². The smallest absolute Gasteiger partial charge is 0.329 e. The molecule has 3 rings (SSSR count). The van der Waals surface area contributed by atoms with Crippen molar-refractivity contribution >= 4 is 21.6 Å². The fourth-order valence-corrected chi connectivity index (χ4v) is 2.93. The molecule has 0 spiro atoms. The topological polar surface area (TPSA) is 94.0 Å². The molecule has 0 fully saturated rings. The first-order valence-electron chi connectivity index (χ1n) is 5.70. The molecule has 0 radical (unpaired) electrons. The predicted molar refractivity (Wildman–Crippen MR) is 73.5 cm³/mol. The van der Waals surface area contributed by atoms with Crippen LogP contribution in [-0.4, -0.2) is 16.1 Å². The van der Waals surface area contributed by atoms with Crippen molar-refractivity contribution in [3.8, 4) is 11.3 Å². The van der Waals surface area contributed by atoms with Gasteiger partial charge in [0.15, 0.2) is 0 Å². The van der Waals surface area contributed by atoms with Crippen molar-refractivity contribution < 1.29 is 4.42 Å². The van der Waals surface area contributed by atoms with Gasteiger partial charge in [0.25, 0.3) is 5.56 Å². The third-order valence-corrected chi connectivity index (χ3v) is 3.75. The lowest BCUT2D eigenvalue weighted by molar-refractivity contribution is 0.583. The Morgan fingerprint density at radius 1 is 1.42 bits per heavy atom. The van der Waals surface area contributed by atoms with Gasteiger partial charge in [0.1, 0.15) is 10.6 Å². The van der Waals surface area contributed by atoms with Gasteiger partial charge in [-0.2, -0.15) is 0 Å². The average Bonchev–Trinajstić information content (AvgIpc) is 3.02. The molecule has 0 amide bonds. The Morgan fingerprint density at radius 3 is 2.95 bits per heavy atom. The molecule has 0 aromatic carbocycles. The first kappa shape index (κ1) is 11.9. The van der Waals surface area contributed by atoms with Crippen molar-refractivity contribution in [3.63, 3.8) is 0 Å². The van der Waals surface area contributed by atoms with Gasteiger partial charge in [-0.15, -0.1) is 11.3 Å². The largest absolute Gasteiger partial charge is 0.464 e. The summed E-state index contributed by atoms with van der Waals surface area (Å²) in [7, 11) is 0. The van der Waals surface area contributed by atoms with Gasteiger partial charge in [0.05, 0.1) is 11.6 Å². The van der Waals surface area contributed by atoms with E-state index in [0.717, 1.165) is 4.57 Å². The van der Waals surface area contributed by atoms with Crippen molar-refractivity contribution in [2.75, 3.05) is 6.54 Å². The lowest BCUT2D eigenvalue weighted by Gasteiger charge is -2.02. The van der Waals surface area contributed by atoms with E-state index in [1.807, 2.05) is 0 Å². The molecule has 6 nitrogen and oxygen atoms in total. The number of fused-ring (bicyclic) bond motifs is 1. The van der Waals surface area contributed by atoms with Crippen LogP contribution in [0, 0.1) is 0 Å². The first-order chi connectivity index (χ1) is 9.22. The Balaban J connectivity index is 2.36. The zero-order valence-electron chi connectivity index (χ0n) is 9.88. The Bertz CT molecular complexity index is 826. The molecule has 0 aliphatic carbocycles. The van der Waals surface area contributed by atoms with Crippen LogP contribution in [0.5, 0.6) is 0 Å². The zero-order chi connectivity index (χ0) is 13.4. The van der Waals surface area contributed by atoms with Gasteiger partial charge in [-0.05, 0) is 12.1 Å². The fraction of sp³-hybridized carbons (Fsp3) is 0.167. The van der Waals surface area contributed by atoms with Crippen LogP contribution in [-0.2, 0) is 6.54 Å². The molecule has 19 heavy (non-hydrogen) atoms. The maximum atomic E-state index is 12.4. The van der Waals surface area contributed by atoms with Crippen molar-refractivity contribution in [1.29, 1.82) is 0 Å². The molecule has 3 aromatic rings. The number of nitrogens with one attached hydrogen (secondary N) is 1. The Labute approximate surface area is 111 Å². The molecule has 0 aliphatic rings. The van der Waals surface area contributed by atoms with E-state index in [2.05, 4.69) is 4.98 Å². The molecule has 98 valence electrons. The summed E-state index contributed by atoms with van der Waals surface area (Å²) in [5.41, 5.74) is 5.34. The summed E-state index contributed by atoms with van der Waals surface area (Å²) >= 11 is 1.31. The van der Waals surface area contributed by atoms with E-state index in [1.54, 1.807) is 23.8 Å². The van der Waals surface area contributed by atoms with E-state index < -0.39 is 5.69 Å². The summed E-state index contributed by atoms with van der Waals surface area (Å²) in [4.78, 5) is 27.4. The molecule has 0 saturated carbocycles. The van der Waals surface area contributed by atoms with Crippen molar-refractivity contribution in [3.05, 3.63) is 44.6 Å². The van der Waals surface area contributed by atoms with Gasteiger partial charge < -0.3 is 10.2 Å². The second-order valence-electron chi connectivity index (χ2n) is 4.01. The number of rotatable bonds is 3. The molecule has 0 bridgehead atoms. The molecule has 7 heteroatoms. The summed E-state index contributed by atoms with van der Waals surface area (Å²) in [6.45, 7) is 0.423. The quantitative estimate of drug-likeness (QED) is 0.746. The Hall–Kier alpha value is -2.12. The normalized spacial score (nSPS) is 11.2. The number of aromatic nitrogens is 2. The molecule has 3 N–H and O–H groups in total. The third kappa shape index (κ3) is 1.83. The minimum atomic E-state index is -0.434. The third-order valence-electron chi connectivity index (χ3n) is 2.86. The van der Waals surface area contributed by atoms with E-state index in [4.69, 9.17) is 10.2 Å². The number of nitrogens with zero attached hydrogens (tertiary/aromatic N) is 1. The minimum Gasteiger partial charge on any atom is -0.464 e. The lowest BCUT2D eigenvalue weighted by atomic mass is 10.2. The Morgan fingerprint density at radius 2 is 2.26 bits per heavy atom. The number of hydrogen-bond donors (Lipinski definition) is 2. The van der Waals surface area contributed by atoms with Crippen LogP contribution in [0.2, 0.25) is 0 Å². The van der Waals surface area contributed by atoms with E-state index in [9.17, 15) is 9.59 Å². The van der Waals surface area contributed by atoms with Crippen LogP contribution in [0.1, 0.15) is 0 Å². The maximum Gasteiger partial charge on any atom is 0.329 e. The summed E-state index contributed by atoms with van der Waals surface area (Å²) in [6.07, 6.45) is 1.54. The SMILES string of the molecule is NCCn1c(=O)[nH]c2scc(-c3ccco3)c2c1=O. The monoisotopic (exact) mass is 277 g/mol. The number of aromatic amines is 1. The maximum absolute atomic E-state index is 12.4. The standard InChI is InChI=1S/C12H11N3O3S/c13-3-4-15-11(16)9-7(8-2-1-5-18-8)6-19-10(9)14-12(15)17/h1-2,5-6H,3-4,13H2,(H,14,17). The van der Waals surface area contributed by atoms with Crippen LogP contribution in [0.15, 0.2) is 37.8 Å². The van der Waals surface area contributed by atoms with Gasteiger partial charge in [-0.3, -0.25) is 14.3 Å². The van der Waals surface area contributed by atoms with Crippen molar-refractivity contribution in [2.45, 2.75) is 6.54 Å². The van der Waals surface area contributed by atoms with E-state index in [-0.39, 0.29) is 18.6 Å². The highest BCUT2D eigenvalue weighted by Gasteiger charge is 2.15. The summed E-state index contributed by atoms with van der Waals surface area (Å²) in [5, 5.41) is 2.26. The molecule has 3 heterocycles. The predicted octanol–water partition coefficient (Wildman–Crippen LogP) is 0.970. The van der Waals surface area contributed by atoms with Gasteiger partial charge in [-0.25, -0.2) is 4.79 Å². The first-order valence-corrected chi connectivity index (χ1v) is 6.58. The summed E-state index contributed by atoms with van der Waals surface area (Å²) < 4.78 is 6.43. The van der Waals surface area contributed by atoms with Gasteiger partial charge in [0, 0.05) is 24.0 Å².